The number of hydrogen-bond acceptors (Lipinski definition) is 4. The van der Waals surface area contributed by atoms with E-state index in [0.717, 1.165) is 5.69 Å². The quantitative estimate of drug-likeness (QED) is 0.616. The molecule has 0 bridgehead atoms. The molecule has 2 aromatic carbocycles. The molecule has 0 fully saturated rings. The van der Waals surface area contributed by atoms with Gasteiger partial charge in [0.25, 0.3) is 0 Å². The average Bonchev–Trinajstić information content (AvgIpc) is 2.81. The van der Waals surface area contributed by atoms with Crippen molar-refractivity contribution in [2.75, 3.05) is 11.5 Å². The minimum Gasteiger partial charge on any atom is -0.397 e. The van der Waals surface area contributed by atoms with Crippen molar-refractivity contribution in [3.05, 3.63) is 42.5 Å². The standard InChI is InChI=1S/C12H11N5/c13-9-6-7-10(14)12-11(9)15-17(16-12)8-4-2-1-3-5-8/h1-7H,13-14H2. The Bertz CT molecular complexity index is 633. The van der Waals surface area contributed by atoms with Crippen molar-refractivity contribution >= 4 is 22.4 Å². The van der Waals surface area contributed by atoms with Crippen LogP contribution in [-0.2, 0) is 0 Å². The fraction of sp³-hybridized carbons (Fsp3) is 0. The van der Waals surface area contributed by atoms with E-state index in [1.54, 1.807) is 12.1 Å². The largest absolute Gasteiger partial charge is 0.397 e. The first kappa shape index (κ1) is 9.65. The maximum atomic E-state index is 5.85. The van der Waals surface area contributed by atoms with Gasteiger partial charge in [0, 0.05) is 0 Å². The lowest BCUT2D eigenvalue weighted by molar-refractivity contribution is 0.766. The van der Waals surface area contributed by atoms with Crippen LogP contribution in [-0.4, -0.2) is 15.0 Å². The van der Waals surface area contributed by atoms with E-state index in [4.69, 9.17) is 11.5 Å². The number of nitrogens with zero attached hydrogens (tertiary/aromatic N) is 3. The Morgan fingerprint density at radius 3 is 1.82 bits per heavy atom. The Hall–Kier alpha value is -2.56. The highest BCUT2D eigenvalue weighted by Gasteiger charge is 2.09. The summed E-state index contributed by atoms with van der Waals surface area (Å²) in [6.07, 6.45) is 0. The lowest BCUT2D eigenvalue weighted by Crippen LogP contribution is -1.97. The molecule has 3 rings (SSSR count). The van der Waals surface area contributed by atoms with E-state index in [1.807, 2.05) is 30.3 Å². The number of rotatable bonds is 1. The highest BCUT2D eigenvalue weighted by Crippen LogP contribution is 2.23. The number of nitrogens with two attached hydrogens (primary N) is 2. The molecule has 17 heavy (non-hydrogen) atoms. The third-order valence-electron chi connectivity index (χ3n) is 2.59. The molecule has 84 valence electrons. The number of fused-ring (bicyclic) bond motifs is 1. The van der Waals surface area contributed by atoms with Gasteiger partial charge in [-0.05, 0) is 24.3 Å². The van der Waals surface area contributed by atoms with Crippen molar-refractivity contribution in [1.29, 1.82) is 0 Å². The van der Waals surface area contributed by atoms with Gasteiger partial charge < -0.3 is 11.5 Å². The smallest absolute Gasteiger partial charge is 0.138 e. The second-order valence-corrected chi connectivity index (χ2v) is 3.77. The molecule has 3 aromatic rings. The van der Waals surface area contributed by atoms with E-state index < -0.39 is 0 Å². The van der Waals surface area contributed by atoms with Crippen LogP contribution in [0.2, 0.25) is 0 Å². The van der Waals surface area contributed by atoms with Crippen molar-refractivity contribution in [1.82, 2.24) is 15.0 Å². The molecule has 5 heteroatoms. The van der Waals surface area contributed by atoms with Gasteiger partial charge in [-0.3, -0.25) is 0 Å². The zero-order chi connectivity index (χ0) is 11.8. The van der Waals surface area contributed by atoms with E-state index in [-0.39, 0.29) is 0 Å². The third kappa shape index (κ3) is 1.48. The molecule has 0 aliphatic carbocycles. The molecule has 0 saturated heterocycles. The number of hydrogen-bond donors (Lipinski definition) is 2. The molecule has 0 atom stereocenters. The van der Waals surface area contributed by atoms with E-state index in [2.05, 4.69) is 10.2 Å². The van der Waals surface area contributed by atoms with Gasteiger partial charge in [0.05, 0.1) is 17.1 Å². The molecular formula is C12H11N5. The topological polar surface area (TPSA) is 82.8 Å². The predicted molar refractivity (Wildman–Crippen MR) is 67.7 cm³/mol. The molecule has 4 N–H and O–H groups in total. The summed E-state index contributed by atoms with van der Waals surface area (Å²) >= 11 is 0. The first-order chi connectivity index (χ1) is 8.25. The predicted octanol–water partition coefficient (Wildman–Crippen LogP) is 1.58. The molecular weight excluding hydrogens is 214 g/mol. The van der Waals surface area contributed by atoms with Gasteiger partial charge in [-0.1, -0.05) is 18.2 Å². The van der Waals surface area contributed by atoms with Crippen molar-refractivity contribution in [2.24, 2.45) is 0 Å². The summed E-state index contributed by atoms with van der Waals surface area (Å²) in [4.78, 5) is 1.54. The Balaban J connectivity index is 2.27. The van der Waals surface area contributed by atoms with E-state index >= 15 is 0 Å². The molecule has 0 spiro atoms. The second kappa shape index (κ2) is 3.48. The summed E-state index contributed by atoms with van der Waals surface area (Å²) in [6, 6.07) is 13.1. The number of aromatic nitrogens is 3. The molecule has 0 radical (unpaired) electrons. The average molecular weight is 225 g/mol. The summed E-state index contributed by atoms with van der Waals surface area (Å²) in [5, 5.41) is 8.69. The molecule has 0 unspecified atom stereocenters. The lowest BCUT2D eigenvalue weighted by Gasteiger charge is -1.96. The lowest BCUT2D eigenvalue weighted by atomic mass is 10.2. The number of nitrogen functional groups attached to an aromatic ring is 2. The van der Waals surface area contributed by atoms with Gasteiger partial charge in [0.15, 0.2) is 0 Å². The van der Waals surface area contributed by atoms with Gasteiger partial charge in [-0.15, -0.1) is 10.2 Å². The van der Waals surface area contributed by atoms with Crippen LogP contribution in [0.3, 0.4) is 0 Å². The van der Waals surface area contributed by atoms with Crippen molar-refractivity contribution < 1.29 is 0 Å². The van der Waals surface area contributed by atoms with Crippen molar-refractivity contribution in [3.8, 4) is 5.69 Å². The number of anilines is 2. The Kier molecular flexibility index (Phi) is 1.98. The van der Waals surface area contributed by atoms with Gasteiger partial charge >= 0.3 is 0 Å². The molecule has 0 amide bonds. The Labute approximate surface area is 97.6 Å². The molecule has 0 aliphatic heterocycles. The number of benzene rings is 2. The minimum atomic E-state index is 0.580. The zero-order valence-electron chi connectivity index (χ0n) is 9.04. The van der Waals surface area contributed by atoms with Gasteiger partial charge in [-0.2, -0.15) is 4.80 Å². The van der Waals surface area contributed by atoms with E-state index in [0.29, 0.717) is 22.4 Å². The summed E-state index contributed by atoms with van der Waals surface area (Å²) < 4.78 is 0. The summed E-state index contributed by atoms with van der Waals surface area (Å²) in [5.41, 5.74) is 15.0. The monoisotopic (exact) mass is 225 g/mol. The Morgan fingerprint density at radius 2 is 1.29 bits per heavy atom. The molecule has 5 nitrogen and oxygen atoms in total. The normalized spacial score (nSPS) is 10.8. The van der Waals surface area contributed by atoms with Crippen LogP contribution in [0.15, 0.2) is 42.5 Å². The van der Waals surface area contributed by atoms with Gasteiger partial charge in [0.2, 0.25) is 0 Å². The summed E-state index contributed by atoms with van der Waals surface area (Å²) in [7, 11) is 0. The van der Waals surface area contributed by atoms with E-state index in [9.17, 15) is 0 Å². The maximum absolute atomic E-state index is 5.85. The SMILES string of the molecule is Nc1ccc(N)c2nn(-c3ccccc3)nc12. The number of para-hydroxylation sites is 1. The highest BCUT2D eigenvalue weighted by atomic mass is 15.5. The van der Waals surface area contributed by atoms with Crippen LogP contribution in [0, 0.1) is 0 Å². The van der Waals surface area contributed by atoms with Crippen LogP contribution in [0.4, 0.5) is 11.4 Å². The minimum absolute atomic E-state index is 0.580. The van der Waals surface area contributed by atoms with Gasteiger partial charge in [-0.25, -0.2) is 0 Å². The van der Waals surface area contributed by atoms with Crippen molar-refractivity contribution in [2.45, 2.75) is 0 Å². The van der Waals surface area contributed by atoms with Crippen LogP contribution in [0.5, 0.6) is 0 Å². The molecule has 1 aromatic heterocycles. The second-order valence-electron chi connectivity index (χ2n) is 3.77. The first-order valence-electron chi connectivity index (χ1n) is 5.22. The van der Waals surface area contributed by atoms with Crippen molar-refractivity contribution in [3.63, 3.8) is 0 Å². The van der Waals surface area contributed by atoms with Crippen LogP contribution >= 0.6 is 0 Å². The zero-order valence-corrected chi connectivity index (χ0v) is 9.04. The molecule has 1 heterocycles. The molecule has 0 aliphatic rings. The summed E-state index contributed by atoms with van der Waals surface area (Å²) in [6.45, 7) is 0. The third-order valence-corrected chi connectivity index (χ3v) is 2.59. The fourth-order valence-corrected chi connectivity index (χ4v) is 1.71. The first-order valence-corrected chi connectivity index (χ1v) is 5.22. The highest BCUT2D eigenvalue weighted by molar-refractivity contribution is 5.94. The summed E-state index contributed by atoms with van der Waals surface area (Å²) in [5.74, 6) is 0. The van der Waals surface area contributed by atoms with Crippen LogP contribution in [0.25, 0.3) is 16.7 Å². The van der Waals surface area contributed by atoms with E-state index in [1.165, 1.54) is 4.80 Å². The fourth-order valence-electron chi connectivity index (χ4n) is 1.71. The van der Waals surface area contributed by atoms with Gasteiger partial charge in [0.1, 0.15) is 11.0 Å². The van der Waals surface area contributed by atoms with Crippen LogP contribution < -0.4 is 11.5 Å². The maximum Gasteiger partial charge on any atom is 0.138 e. The Morgan fingerprint density at radius 1 is 0.765 bits per heavy atom. The molecule has 0 saturated carbocycles. The van der Waals surface area contributed by atoms with Crippen LogP contribution in [0.1, 0.15) is 0 Å².